The summed E-state index contributed by atoms with van der Waals surface area (Å²) in [6.45, 7) is 6.75. The van der Waals surface area contributed by atoms with E-state index in [4.69, 9.17) is 0 Å². The molecule has 0 atom stereocenters. The number of ketones is 1. The van der Waals surface area contributed by atoms with Crippen molar-refractivity contribution in [1.29, 1.82) is 0 Å². The Kier molecular flexibility index (Phi) is 5.70. The van der Waals surface area contributed by atoms with Gasteiger partial charge in [0.1, 0.15) is 6.54 Å². The van der Waals surface area contributed by atoms with Gasteiger partial charge in [0, 0.05) is 23.9 Å². The van der Waals surface area contributed by atoms with E-state index in [1.165, 1.54) is 18.7 Å². The summed E-state index contributed by atoms with van der Waals surface area (Å²) in [5.74, 6) is -0.535. The van der Waals surface area contributed by atoms with Crippen LogP contribution in [0.5, 0.6) is 0 Å². The maximum atomic E-state index is 12.3. The van der Waals surface area contributed by atoms with Crippen molar-refractivity contribution >= 4 is 29.0 Å². The van der Waals surface area contributed by atoms with Gasteiger partial charge in [-0.05, 0) is 68.3 Å². The van der Waals surface area contributed by atoms with Gasteiger partial charge in [0.25, 0.3) is 0 Å². The molecular weight excluding hydrogens is 316 g/mol. The number of benzene rings is 2. The summed E-state index contributed by atoms with van der Waals surface area (Å²) in [4.78, 5) is 37.0. The second-order valence-corrected chi connectivity index (χ2v) is 6.13. The fourth-order valence-corrected chi connectivity index (χ4v) is 2.62. The Bertz CT molecular complexity index is 790. The third-order valence-corrected chi connectivity index (χ3v) is 3.78. The molecule has 0 aromatic heterocycles. The van der Waals surface area contributed by atoms with Crippen molar-refractivity contribution in [2.45, 2.75) is 27.7 Å². The standard InChI is InChI=1S/C20H22N2O3/c1-13-9-14(2)11-19(10-13)22(16(4)24)12-20(25)21-18-7-5-17(6-8-18)15(3)23/h5-11H,12H2,1-4H3,(H,21,25). The van der Waals surface area contributed by atoms with Crippen LogP contribution in [0.2, 0.25) is 0 Å². The molecule has 0 bridgehead atoms. The van der Waals surface area contributed by atoms with Crippen molar-refractivity contribution in [3.63, 3.8) is 0 Å². The first-order valence-corrected chi connectivity index (χ1v) is 8.03. The van der Waals surface area contributed by atoms with Crippen LogP contribution in [-0.2, 0) is 9.59 Å². The predicted molar refractivity (Wildman–Crippen MR) is 99.0 cm³/mol. The predicted octanol–water partition coefficient (Wildman–Crippen LogP) is 3.50. The van der Waals surface area contributed by atoms with Gasteiger partial charge in [-0.2, -0.15) is 0 Å². The van der Waals surface area contributed by atoms with Gasteiger partial charge in [0.2, 0.25) is 11.8 Å². The molecule has 130 valence electrons. The van der Waals surface area contributed by atoms with Crippen LogP contribution in [0.15, 0.2) is 42.5 Å². The molecule has 2 aromatic carbocycles. The lowest BCUT2D eigenvalue weighted by Crippen LogP contribution is -2.36. The van der Waals surface area contributed by atoms with E-state index in [2.05, 4.69) is 5.32 Å². The molecule has 0 fully saturated rings. The maximum Gasteiger partial charge on any atom is 0.244 e. The molecule has 2 rings (SSSR count). The molecule has 0 radical (unpaired) electrons. The first kappa shape index (κ1) is 18.4. The molecule has 5 nitrogen and oxygen atoms in total. The van der Waals surface area contributed by atoms with Gasteiger partial charge in [0.05, 0.1) is 0 Å². The smallest absolute Gasteiger partial charge is 0.244 e. The molecule has 0 aliphatic rings. The van der Waals surface area contributed by atoms with E-state index in [-0.39, 0.29) is 24.1 Å². The molecular formula is C20H22N2O3. The average molecular weight is 338 g/mol. The summed E-state index contributed by atoms with van der Waals surface area (Å²) < 4.78 is 0. The third-order valence-electron chi connectivity index (χ3n) is 3.78. The summed E-state index contributed by atoms with van der Waals surface area (Å²) in [5, 5.41) is 2.75. The summed E-state index contributed by atoms with van der Waals surface area (Å²) in [7, 11) is 0. The topological polar surface area (TPSA) is 66.5 Å². The van der Waals surface area contributed by atoms with Crippen molar-refractivity contribution < 1.29 is 14.4 Å². The lowest BCUT2D eigenvalue weighted by molar-refractivity contribution is -0.120. The summed E-state index contributed by atoms with van der Waals surface area (Å²) in [6.07, 6.45) is 0. The van der Waals surface area contributed by atoms with Crippen LogP contribution in [0.1, 0.15) is 35.3 Å². The zero-order valence-electron chi connectivity index (χ0n) is 14.9. The Balaban J connectivity index is 2.12. The Hall–Kier alpha value is -2.95. The van der Waals surface area contributed by atoms with E-state index in [9.17, 15) is 14.4 Å². The van der Waals surface area contributed by atoms with Crippen molar-refractivity contribution in [2.24, 2.45) is 0 Å². The van der Waals surface area contributed by atoms with Crippen LogP contribution in [0.4, 0.5) is 11.4 Å². The van der Waals surface area contributed by atoms with Crippen LogP contribution >= 0.6 is 0 Å². The van der Waals surface area contributed by atoms with Crippen molar-refractivity contribution in [3.8, 4) is 0 Å². The minimum absolute atomic E-state index is 0.0320. The maximum absolute atomic E-state index is 12.3. The first-order valence-electron chi connectivity index (χ1n) is 8.03. The van der Waals surface area contributed by atoms with Crippen molar-refractivity contribution in [1.82, 2.24) is 0 Å². The Morgan fingerprint density at radius 2 is 1.48 bits per heavy atom. The Morgan fingerprint density at radius 3 is 1.96 bits per heavy atom. The van der Waals surface area contributed by atoms with E-state index in [1.54, 1.807) is 24.3 Å². The van der Waals surface area contributed by atoms with Crippen LogP contribution in [0, 0.1) is 13.8 Å². The van der Waals surface area contributed by atoms with Crippen molar-refractivity contribution in [3.05, 3.63) is 59.2 Å². The summed E-state index contributed by atoms with van der Waals surface area (Å²) in [5.41, 5.74) is 3.92. The number of rotatable bonds is 5. The molecule has 0 aliphatic heterocycles. The minimum atomic E-state index is -0.301. The molecule has 5 heteroatoms. The normalized spacial score (nSPS) is 10.2. The molecule has 1 N–H and O–H groups in total. The van der Waals surface area contributed by atoms with Crippen molar-refractivity contribution in [2.75, 3.05) is 16.8 Å². The third kappa shape index (κ3) is 5.01. The number of nitrogens with one attached hydrogen (secondary N) is 1. The second-order valence-electron chi connectivity index (χ2n) is 6.13. The van der Waals surface area contributed by atoms with Gasteiger partial charge < -0.3 is 10.2 Å². The number of carbonyl (C=O) groups is 3. The number of aryl methyl sites for hydroxylation is 2. The zero-order valence-corrected chi connectivity index (χ0v) is 14.9. The highest BCUT2D eigenvalue weighted by Crippen LogP contribution is 2.19. The Labute approximate surface area is 147 Å². The van der Waals surface area contributed by atoms with E-state index in [0.29, 0.717) is 16.9 Å². The largest absolute Gasteiger partial charge is 0.325 e. The first-order chi connectivity index (χ1) is 11.8. The molecule has 0 aliphatic carbocycles. The highest BCUT2D eigenvalue weighted by molar-refractivity contribution is 6.02. The highest BCUT2D eigenvalue weighted by Gasteiger charge is 2.16. The Morgan fingerprint density at radius 1 is 0.920 bits per heavy atom. The number of amides is 2. The summed E-state index contributed by atoms with van der Waals surface area (Å²) in [6, 6.07) is 12.4. The number of hydrogen-bond acceptors (Lipinski definition) is 3. The van der Waals surface area contributed by atoms with E-state index in [0.717, 1.165) is 11.1 Å². The molecule has 0 saturated heterocycles. The molecule has 0 heterocycles. The van der Waals surface area contributed by atoms with E-state index < -0.39 is 0 Å². The van der Waals surface area contributed by atoms with Gasteiger partial charge in [-0.1, -0.05) is 6.07 Å². The SMILES string of the molecule is CC(=O)c1ccc(NC(=O)CN(C(C)=O)c2cc(C)cc(C)c2)cc1. The molecule has 0 unspecified atom stereocenters. The monoisotopic (exact) mass is 338 g/mol. The number of Topliss-reactive ketones (excluding diaryl/α,β-unsaturated/α-hetero) is 1. The molecule has 2 amide bonds. The minimum Gasteiger partial charge on any atom is -0.325 e. The number of hydrogen-bond donors (Lipinski definition) is 1. The molecule has 0 spiro atoms. The number of carbonyl (C=O) groups excluding carboxylic acids is 3. The quantitative estimate of drug-likeness (QED) is 0.849. The van der Waals surface area contributed by atoms with Crippen LogP contribution < -0.4 is 10.2 Å². The van der Waals surface area contributed by atoms with Gasteiger partial charge in [-0.3, -0.25) is 14.4 Å². The fourth-order valence-electron chi connectivity index (χ4n) is 2.62. The lowest BCUT2D eigenvalue weighted by atomic mass is 10.1. The van der Waals surface area contributed by atoms with Gasteiger partial charge in [0.15, 0.2) is 5.78 Å². The second kappa shape index (κ2) is 7.75. The van der Waals surface area contributed by atoms with Crippen LogP contribution in [0.3, 0.4) is 0 Å². The average Bonchev–Trinajstić information content (AvgIpc) is 2.51. The zero-order chi connectivity index (χ0) is 18.6. The highest BCUT2D eigenvalue weighted by atomic mass is 16.2. The lowest BCUT2D eigenvalue weighted by Gasteiger charge is -2.21. The van der Waals surface area contributed by atoms with Crippen LogP contribution in [0.25, 0.3) is 0 Å². The number of anilines is 2. The fraction of sp³-hybridized carbons (Fsp3) is 0.250. The van der Waals surface area contributed by atoms with E-state index >= 15 is 0 Å². The molecule has 2 aromatic rings. The molecule has 25 heavy (non-hydrogen) atoms. The van der Waals surface area contributed by atoms with Gasteiger partial charge in [-0.25, -0.2) is 0 Å². The number of nitrogens with zero attached hydrogens (tertiary/aromatic N) is 1. The van der Waals surface area contributed by atoms with Gasteiger partial charge in [-0.15, -0.1) is 0 Å². The summed E-state index contributed by atoms with van der Waals surface area (Å²) >= 11 is 0. The van der Waals surface area contributed by atoms with E-state index in [1.807, 2.05) is 32.0 Å². The van der Waals surface area contributed by atoms with Crippen LogP contribution in [-0.4, -0.2) is 24.1 Å². The van der Waals surface area contributed by atoms with Gasteiger partial charge >= 0.3 is 0 Å². The molecule has 0 saturated carbocycles.